The third kappa shape index (κ3) is 13.6. The molecule has 390 valence electrons. The Morgan fingerprint density at radius 3 is 0.667 bits per heavy atom. The molecular formula is C61H55ClN12O4. The number of para-hydroxylation sites is 9. The summed E-state index contributed by atoms with van der Waals surface area (Å²) in [4.78, 5) is 19.0. The lowest BCUT2D eigenvalue weighted by Gasteiger charge is -2.26. The Morgan fingerprint density at radius 2 is 0.474 bits per heavy atom. The van der Waals surface area contributed by atoms with E-state index < -0.39 is 24.8 Å². The Morgan fingerprint density at radius 1 is 0.295 bits per heavy atom. The van der Waals surface area contributed by atoms with Crippen molar-refractivity contribution in [1.82, 2.24) is 16.3 Å². The zero-order valence-corrected chi connectivity index (χ0v) is 42.9. The topological polar surface area (TPSA) is 145 Å². The van der Waals surface area contributed by atoms with Crippen molar-refractivity contribution in [1.29, 1.82) is 0 Å². The molecule has 0 saturated heterocycles. The van der Waals surface area contributed by atoms with E-state index in [1.165, 1.54) is 0 Å². The number of aliphatic carboxylic acids is 2. The van der Waals surface area contributed by atoms with Crippen molar-refractivity contribution in [3.8, 4) is 0 Å². The molecule has 0 bridgehead atoms. The largest absolute Gasteiger partial charge is 1.00 e. The van der Waals surface area contributed by atoms with Crippen molar-refractivity contribution in [3.63, 3.8) is 0 Å². The van der Waals surface area contributed by atoms with Crippen LogP contribution < -0.4 is 69.6 Å². The molecule has 12 rings (SSSR count). The third-order valence-electron chi connectivity index (χ3n) is 11.6. The quantitative estimate of drug-likeness (QED) is 0.134. The fraction of sp³-hybridized carbons (Fsp3) is 0.0328. The molecule has 0 spiro atoms. The lowest BCUT2D eigenvalue weighted by atomic mass is 10.3. The molecule has 0 saturated carbocycles. The molecule has 17 heteroatoms. The van der Waals surface area contributed by atoms with Crippen molar-refractivity contribution in [2.24, 2.45) is 0 Å². The first-order valence-electron chi connectivity index (χ1n) is 24.7. The average molecular weight is 1060 g/mol. The first-order chi connectivity index (χ1) is 37.9. The summed E-state index contributed by atoms with van der Waals surface area (Å²) in [6, 6.07) is 92.4. The zero-order chi connectivity index (χ0) is 53.0. The molecule has 0 aromatic heterocycles. The summed E-state index contributed by atoms with van der Waals surface area (Å²) in [7, 11) is 0. The van der Waals surface area contributed by atoms with Gasteiger partial charge in [0.25, 0.3) is 19.0 Å². The standard InChI is InChI=1S/3C19H16N4.C4H6O4.ClH/c3*1-4-10-17(11-5-1)21-16-20-22(18-12-6-2-7-13-18)23(21)19-14-8-3-9-15-19;5-3(6)1-2-4(7)8;/h3*1-16H;1-2H2,(H,5,6)(H,7,8);1H. The predicted molar refractivity (Wildman–Crippen MR) is 299 cm³/mol. The fourth-order valence-electron chi connectivity index (χ4n) is 8.11. The van der Waals surface area contributed by atoms with E-state index in [2.05, 4.69) is 155 Å². The zero-order valence-electron chi connectivity index (χ0n) is 42.2. The van der Waals surface area contributed by atoms with Crippen molar-refractivity contribution in [2.45, 2.75) is 12.8 Å². The number of nitrogens with one attached hydrogen (secondary N) is 3. The summed E-state index contributed by atoms with van der Waals surface area (Å²) >= 11 is 0. The summed E-state index contributed by atoms with van der Waals surface area (Å²) in [6.07, 6.45) is 4.92. The number of anilines is 6. The van der Waals surface area contributed by atoms with Crippen molar-refractivity contribution in [2.75, 3.05) is 30.7 Å². The number of carbonyl (C=O) groups is 2. The Kier molecular flexibility index (Phi) is 18.7. The highest BCUT2D eigenvalue weighted by molar-refractivity contribution is 5.73. The Labute approximate surface area is 459 Å². The van der Waals surface area contributed by atoms with Crippen LogP contribution in [0.1, 0.15) is 12.8 Å². The molecule has 0 radical (unpaired) electrons. The highest BCUT2D eigenvalue weighted by Gasteiger charge is 2.35. The van der Waals surface area contributed by atoms with Crippen LogP contribution in [0.5, 0.6) is 0 Å². The van der Waals surface area contributed by atoms with E-state index in [-0.39, 0.29) is 12.4 Å². The maximum atomic E-state index is 9.50. The van der Waals surface area contributed by atoms with Gasteiger partial charge in [0.15, 0.2) is 17.1 Å². The van der Waals surface area contributed by atoms with Crippen LogP contribution in [0.3, 0.4) is 0 Å². The second-order valence-corrected chi connectivity index (χ2v) is 16.9. The molecule has 3 aliphatic heterocycles. The first kappa shape index (κ1) is 53.7. The molecule has 3 aliphatic rings. The Hall–Kier alpha value is -10.6. The highest BCUT2D eigenvalue weighted by Crippen LogP contribution is 2.30. The Balaban J connectivity index is 0.000000143. The molecule has 9 aromatic rings. The fourth-order valence-corrected chi connectivity index (χ4v) is 8.11. The molecule has 3 N–H and O–H groups in total. The van der Waals surface area contributed by atoms with Crippen LogP contribution in [0.4, 0.5) is 51.2 Å². The monoisotopic (exact) mass is 1050 g/mol. The number of carboxylic acid groups (broad SMARTS) is 2. The van der Waals surface area contributed by atoms with Gasteiger partial charge in [-0.1, -0.05) is 194 Å². The maximum absolute atomic E-state index is 9.50. The second-order valence-electron chi connectivity index (χ2n) is 16.9. The van der Waals surface area contributed by atoms with E-state index in [0.29, 0.717) is 0 Å². The van der Waals surface area contributed by atoms with Gasteiger partial charge < -0.3 is 32.2 Å². The molecule has 16 nitrogen and oxygen atoms in total. The number of nitrogens with zero attached hydrogens (tertiary/aromatic N) is 9. The maximum Gasteiger partial charge on any atom is 0.288 e. The van der Waals surface area contributed by atoms with Gasteiger partial charge in [0.05, 0.1) is 0 Å². The SMILES string of the molecule is C1=[N+](c2ccccc2)N(c2ccccc2)N(c2ccccc2)N1.C1=[N+](c2ccccc2)N(c2ccccc2)N(c2ccccc2)N1.C1=[N+](c2ccccc2)N(c2ccccc2)N(c2ccccc2)N1.O=C([O-])CCC(=O)[O-].[Cl-]. The van der Waals surface area contributed by atoms with Gasteiger partial charge in [-0.3, -0.25) is 0 Å². The molecule has 78 heavy (non-hydrogen) atoms. The van der Waals surface area contributed by atoms with E-state index in [0.717, 1.165) is 51.2 Å². The van der Waals surface area contributed by atoms with Crippen LogP contribution >= 0.6 is 0 Å². The summed E-state index contributed by atoms with van der Waals surface area (Å²) in [5.74, 6) is -2.73. The normalized spacial score (nSPS) is 12.9. The average Bonchev–Trinajstić information content (AvgIpc) is 4.41. The van der Waals surface area contributed by atoms with Gasteiger partial charge >= 0.3 is 0 Å². The molecule has 0 atom stereocenters. The minimum Gasteiger partial charge on any atom is -1.00 e. The number of hydrazine groups is 9. The first-order valence-corrected chi connectivity index (χ1v) is 24.7. The molecule has 0 unspecified atom stereocenters. The summed E-state index contributed by atoms with van der Waals surface area (Å²) in [6.45, 7) is 0. The number of carboxylic acids is 2. The second kappa shape index (κ2) is 27.1. The third-order valence-corrected chi connectivity index (χ3v) is 11.6. The smallest absolute Gasteiger partial charge is 0.288 e. The van der Waals surface area contributed by atoms with Crippen LogP contribution in [0.15, 0.2) is 273 Å². The van der Waals surface area contributed by atoms with Gasteiger partial charge in [-0.05, 0) is 122 Å². The summed E-state index contributed by atoms with van der Waals surface area (Å²) in [5, 5.41) is 31.4. The molecule has 0 amide bonds. The lowest BCUT2D eigenvalue weighted by molar-refractivity contribution is -0.444. The Bertz CT molecular complexity index is 3010. The number of hydrogen-bond donors (Lipinski definition) is 3. The van der Waals surface area contributed by atoms with Gasteiger partial charge in [-0.25, -0.2) is 0 Å². The number of halogens is 1. The van der Waals surface area contributed by atoms with Gasteiger partial charge in [0, 0.05) is 11.9 Å². The molecule has 3 heterocycles. The van der Waals surface area contributed by atoms with Crippen LogP contribution in [0.2, 0.25) is 0 Å². The van der Waals surface area contributed by atoms with E-state index >= 15 is 0 Å². The van der Waals surface area contributed by atoms with Gasteiger partial charge in [0.1, 0.15) is 34.1 Å². The van der Waals surface area contributed by atoms with Crippen molar-refractivity contribution >= 4 is 82.1 Å². The summed E-state index contributed by atoms with van der Waals surface area (Å²) in [5.41, 5.74) is 19.6. The van der Waals surface area contributed by atoms with Crippen molar-refractivity contribution < 1.29 is 46.3 Å². The number of hydrazone groups is 3. The molecule has 0 fully saturated rings. The van der Waals surface area contributed by atoms with E-state index in [4.69, 9.17) is 0 Å². The summed E-state index contributed by atoms with van der Waals surface area (Å²) < 4.78 is 6.26. The van der Waals surface area contributed by atoms with Gasteiger partial charge in [-0.15, -0.1) is 14.1 Å². The van der Waals surface area contributed by atoms with E-state index in [1.807, 2.05) is 198 Å². The van der Waals surface area contributed by atoms with Crippen LogP contribution in [0, 0.1) is 0 Å². The van der Waals surface area contributed by atoms with Crippen molar-refractivity contribution in [3.05, 3.63) is 273 Å². The van der Waals surface area contributed by atoms with Crippen LogP contribution in [-0.4, -0.2) is 45.0 Å². The number of carbonyl (C=O) groups excluding carboxylic acids is 2. The lowest BCUT2D eigenvalue weighted by Crippen LogP contribution is -3.00. The van der Waals surface area contributed by atoms with Gasteiger partial charge in [0.2, 0.25) is 0 Å². The van der Waals surface area contributed by atoms with Crippen LogP contribution in [-0.2, 0) is 9.59 Å². The number of hydrogen-bond acceptors (Lipinski definition) is 13. The van der Waals surface area contributed by atoms with E-state index in [9.17, 15) is 19.8 Å². The van der Waals surface area contributed by atoms with Gasteiger partial charge in [-0.2, -0.15) is 16.3 Å². The molecular weight excluding hydrogens is 1000 g/mol. The highest BCUT2D eigenvalue weighted by atomic mass is 35.5. The number of rotatable bonds is 12. The molecule has 9 aromatic carbocycles. The predicted octanol–water partition coefficient (Wildman–Crippen LogP) is 5.43. The number of benzene rings is 9. The minimum absolute atomic E-state index is 0. The van der Waals surface area contributed by atoms with Crippen LogP contribution in [0.25, 0.3) is 0 Å². The minimum atomic E-state index is -1.37. The molecule has 0 aliphatic carbocycles. The van der Waals surface area contributed by atoms with E-state index in [1.54, 1.807) is 0 Å².